The number of fused-ring (bicyclic) bond motifs is 2. The molecular formula is C18H15ClN2O3S. The average molecular weight is 375 g/mol. The van der Waals surface area contributed by atoms with Crippen molar-refractivity contribution >= 4 is 32.3 Å². The molecule has 0 spiro atoms. The summed E-state index contributed by atoms with van der Waals surface area (Å²) in [7, 11) is -3.44. The van der Waals surface area contributed by atoms with E-state index in [2.05, 4.69) is 4.98 Å². The number of aromatic nitrogens is 2. The van der Waals surface area contributed by atoms with Crippen molar-refractivity contribution < 1.29 is 8.42 Å². The van der Waals surface area contributed by atoms with Crippen LogP contribution in [0.1, 0.15) is 18.2 Å². The van der Waals surface area contributed by atoms with Gasteiger partial charge in [-0.1, -0.05) is 29.8 Å². The molecule has 7 heteroatoms. The van der Waals surface area contributed by atoms with Crippen molar-refractivity contribution in [3.05, 3.63) is 69.7 Å². The first-order valence-electron chi connectivity index (χ1n) is 7.93. The zero-order valence-corrected chi connectivity index (χ0v) is 14.8. The summed E-state index contributed by atoms with van der Waals surface area (Å²) in [5.41, 5.74) is 0.365. The molecule has 0 amide bonds. The molecule has 2 heterocycles. The van der Waals surface area contributed by atoms with Gasteiger partial charge in [0.2, 0.25) is 0 Å². The molecular weight excluding hydrogens is 360 g/mol. The number of hydrogen-bond donors (Lipinski definition) is 0. The lowest BCUT2D eigenvalue weighted by atomic mass is 10.1. The third-order valence-electron chi connectivity index (χ3n) is 4.54. The van der Waals surface area contributed by atoms with Gasteiger partial charge in [-0.2, -0.15) is 0 Å². The molecule has 1 aliphatic heterocycles. The minimum atomic E-state index is -3.44. The number of hydrogen-bond acceptors (Lipinski definition) is 4. The number of sulfone groups is 1. The summed E-state index contributed by atoms with van der Waals surface area (Å²) in [5, 5.41) is 0.996. The van der Waals surface area contributed by atoms with E-state index in [1.54, 1.807) is 53.1 Å². The fourth-order valence-electron chi connectivity index (χ4n) is 3.30. The van der Waals surface area contributed by atoms with Crippen LogP contribution in [0, 0.1) is 0 Å². The zero-order valence-electron chi connectivity index (χ0n) is 13.2. The van der Waals surface area contributed by atoms with Gasteiger partial charge in [-0.15, -0.1) is 0 Å². The first-order valence-corrected chi connectivity index (χ1v) is 9.96. The van der Waals surface area contributed by atoms with E-state index in [0.717, 1.165) is 0 Å². The molecule has 0 aliphatic carbocycles. The largest absolute Gasteiger partial charge is 0.296 e. The molecule has 0 saturated carbocycles. The van der Waals surface area contributed by atoms with Gasteiger partial charge in [0, 0.05) is 17.5 Å². The van der Waals surface area contributed by atoms with Crippen LogP contribution in [0.5, 0.6) is 0 Å². The predicted octanol–water partition coefficient (Wildman–Crippen LogP) is 3.01. The monoisotopic (exact) mass is 374 g/mol. The quantitative estimate of drug-likeness (QED) is 0.706. The summed E-state index contributed by atoms with van der Waals surface area (Å²) in [6, 6.07) is 13.3. The van der Waals surface area contributed by atoms with E-state index in [1.165, 1.54) is 0 Å². The molecule has 2 aromatic carbocycles. The Balaban J connectivity index is 1.77. The fourth-order valence-corrected chi connectivity index (χ4v) is 5.08. The lowest BCUT2D eigenvalue weighted by molar-refractivity contribution is 0.585. The van der Waals surface area contributed by atoms with Gasteiger partial charge in [0.15, 0.2) is 9.84 Å². The Kier molecular flexibility index (Phi) is 3.89. The minimum absolute atomic E-state index is 0.0600. The molecule has 25 heavy (non-hydrogen) atoms. The van der Waals surface area contributed by atoms with E-state index >= 15 is 0 Å². The predicted molar refractivity (Wildman–Crippen MR) is 96.9 cm³/mol. The zero-order chi connectivity index (χ0) is 17.6. The standard InChI is InChI=1S/C18H15ClN2O3S/c19-13-6-7-15-16(10-13)20-17-12(8-9-21(17)18(15)22)11-25(23,24)14-4-2-1-3-5-14/h1-7,10,12H,8-9,11H2. The number of benzene rings is 2. The first kappa shape index (κ1) is 16.3. The highest BCUT2D eigenvalue weighted by atomic mass is 35.5. The SMILES string of the molecule is O=c1c2ccc(Cl)cc2nc2n1CCC2CS(=O)(=O)c1ccccc1. The molecule has 4 rings (SSSR count). The third kappa shape index (κ3) is 2.85. The van der Waals surface area contributed by atoms with E-state index in [0.29, 0.717) is 39.6 Å². The Morgan fingerprint density at radius 2 is 1.92 bits per heavy atom. The maximum atomic E-state index is 12.7. The topological polar surface area (TPSA) is 69.0 Å². The molecule has 0 radical (unpaired) electrons. The van der Waals surface area contributed by atoms with Gasteiger partial charge < -0.3 is 0 Å². The summed E-state index contributed by atoms with van der Waals surface area (Å²) in [6.07, 6.45) is 0.582. The van der Waals surface area contributed by atoms with Gasteiger partial charge in [-0.05, 0) is 36.8 Å². The maximum Gasteiger partial charge on any atom is 0.261 e. The highest BCUT2D eigenvalue weighted by molar-refractivity contribution is 7.91. The van der Waals surface area contributed by atoms with Crippen LogP contribution in [0.2, 0.25) is 5.02 Å². The minimum Gasteiger partial charge on any atom is -0.296 e. The van der Waals surface area contributed by atoms with E-state index in [9.17, 15) is 13.2 Å². The van der Waals surface area contributed by atoms with E-state index < -0.39 is 9.84 Å². The second kappa shape index (κ2) is 5.97. The Bertz CT molecular complexity index is 1120. The van der Waals surface area contributed by atoms with Crippen molar-refractivity contribution in [1.82, 2.24) is 9.55 Å². The van der Waals surface area contributed by atoms with E-state index in [-0.39, 0.29) is 17.2 Å². The molecule has 0 saturated heterocycles. The Morgan fingerprint density at radius 3 is 2.68 bits per heavy atom. The van der Waals surface area contributed by atoms with Crippen molar-refractivity contribution in [2.45, 2.75) is 23.8 Å². The smallest absolute Gasteiger partial charge is 0.261 e. The summed E-state index contributed by atoms with van der Waals surface area (Å²) < 4.78 is 26.9. The summed E-state index contributed by atoms with van der Waals surface area (Å²) in [5.74, 6) is 0.163. The van der Waals surface area contributed by atoms with Crippen molar-refractivity contribution in [2.24, 2.45) is 0 Å². The van der Waals surface area contributed by atoms with Gasteiger partial charge in [0.05, 0.1) is 21.6 Å². The molecule has 1 unspecified atom stereocenters. The van der Waals surface area contributed by atoms with Gasteiger partial charge in [0.25, 0.3) is 5.56 Å². The van der Waals surface area contributed by atoms with Crippen LogP contribution in [-0.4, -0.2) is 23.7 Å². The molecule has 1 atom stereocenters. The van der Waals surface area contributed by atoms with Gasteiger partial charge in [-0.3, -0.25) is 9.36 Å². The van der Waals surface area contributed by atoms with Crippen LogP contribution in [-0.2, 0) is 16.4 Å². The van der Waals surface area contributed by atoms with Gasteiger partial charge in [-0.25, -0.2) is 13.4 Å². The average Bonchev–Trinajstić information content (AvgIpc) is 2.98. The Morgan fingerprint density at radius 1 is 1.16 bits per heavy atom. The molecule has 0 N–H and O–H groups in total. The lowest BCUT2D eigenvalue weighted by Gasteiger charge is -2.12. The molecule has 128 valence electrons. The second-order valence-corrected chi connectivity index (χ2v) is 8.64. The number of nitrogens with zero attached hydrogens (tertiary/aromatic N) is 2. The number of rotatable bonds is 3. The highest BCUT2D eigenvalue weighted by Gasteiger charge is 2.31. The van der Waals surface area contributed by atoms with Crippen molar-refractivity contribution in [3.63, 3.8) is 0 Å². The lowest BCUT2D eigenvalue weighted by Crippen LogP contribution is -2.22. The van der Waals surface area contributed by atoms with Crippen molar-refractivity contribution in [2.75, 3.05) is 5.75 Å². The van der Waals surface area contributed by atoms with Crippen LogP contribution in [0.15, 0.2) is 58.2 Å². The molecule has 0 fully saturated rings. The van der Waals surface area contributed by atoms with Crippen molar-refractivity contribution in [1.29, 1.82) is 0 Å². The first-order chi connectivity index (χ1) is 12.0. The van der Waals surface area contributed by atoms with E-state index in [4.69, 9.17) is 11.6 Å². The Hall–Kier alpha value is -2.18. The summed E-state index contributed by atoms with van der Waals surface area (Å²) in [4.78, 5) is 17.5. The molecule has 3 aromatic rings. The van der Waals surface area contributed by atoms with Crippen LogP contribution >= 0.6 is 11.6 Å². The summed E-state index contributed by atoms with van der Waals surface area (Å²) in [6.45, 7) is 0.481. The molecule has 1 aromatic heterocycles. The molecule has 5 nitrogen and oxygen atoms in total. The third-order valence-corrected chi connectivity index (χ3v) is 6.60. The van der Waals surface area contributed by atoms with Crippen LogP contribution in [0.25, 0.3) is 10.9 Å². The van der Waals surface area contributed by atoms with Gasteiger partial charge in [0.1, 0.15) is 5.82 Å². The molecule has 1 aliphatic rings. The molecule has 0 bridgehead atoms. The number of halogens is 1. The summed E-state index contributed by atoms with van der Waals surface area (Å²) >= 11 is 6.00. The second-order valence-electron chi connectivity index (χ2n) is 6.17. The van der Waals surface area contributed by atoms with Crippen molar-refractivity contribution in [3.8, 4) is 0 Å². The maximum absolute atomic E-state index is 12.7. The van der Waals surface area contributed by atoms with Crippen LogP contribution in [0.4, 0.5) is 0 Å². The Labute approximate surface area is 149 Å². The van der Waals surface area contributed by atoms with E-state index in [1.807, 2.05) is 0 Å². The van der Waals surface area contributed by atoms with Gasteiger partial charge >= 0.3 is 0 Å². The van der Waals surface area contributed by atoms with Crippen LogP contribution in [0.3, 0.4) is 0 Å². The van der Waals surface area contributed by atoms with Crippen LogP contribution < -0.4 is 5.56 Å². The highest BCUT2D eigenvalue weighted by Crippen LogP contribution is 2.30. The fraction of sp³-hybridized carbons (Fsp3) is 0.222. The normalized spacial score (nSPS) is 16.9.